The van der Waals surface area contributed by atoms with Gasteiger partial charge < -0.3 is 15.2 Å². The molecule has 0 saturated carbocycles. The summed E-state index contributed by atoms with van der Waals surface area (Å²) in [5.41, 5.74) is 7.39. The SMILES string of the molecule is CC1=CCC(C)(C)c2cc(C)c(Nc3ccc(C(=O)[O-])cc3)cc21. The number of carbonyl (C=O) groups excluding carboxylic acids is 1. The molecule has 0 bridgehead atoms. The van der Waals surface area contributed by atoms with E-state index in [1.165, 1.54) is 22.3 Å². The number of hydrogen-bond donors (Lipinski definition) is 1. The molecule has 0 amide bonds. The number of aryl methyl sites for hydroxylation is 1. The average molecular weight is 320 g/mol. The maximum atomic E-state index is 10.8. The van der Waals surface area contributed by atoms with Crippen LogP contribution in [0.2, 0.25) is 0 Å². The van der Waals surface area contributed by atoms with Gasteiger partial charge in [-0.15, -0.1) is 0 Å². The molecule has 124 valence electrons. The minimum Gasteiger partial charge on any atom is -0.545 e. The average Bonchev–Trinajstić information content (AvgIpc) is 2.53. The van der Waals surface area contributed by atoms with Gasteiger partial charge in [-0.2, -0.15) is 0 Å². The summed E-state index contributed by atoms with van der Waals surface area (Å²) >= 11 is 0. The van der Waals surface area contributed by atoms with Crippen LogP contribution in [-0.2, 0) is 5.41 Å². The van der Waals surface area contributed by atoms with Crippen molar-refractivity contribution < 1.29 is 9.90 Å². The lowest BCUT2D eigenvalue weighted by Crippen LogP contribution is -2.22. The van der Waals surface area contributed by atoms with E-state index in [9.17, 15) is 9.90 Å². The van der Waals surface area contributed by atoms with Crippen LogP contribution in [0, 0.1) is 6.92 Å². The number of carbonyl (C=O) groups is 1. The minimum atomic E-state index is -1.16. The molecule has 0 radical (unpaired) electrons. The van der Waals surface area contributed by atoms with Crippen molar-refractivity contribution in [1.29, 1.82) is 0 Å². The van der Waals surface area contributed by atoms with Gasteiger partial charge in [-0.3, -0.25) is 0 Å². The summed E-state index contributed by atoms with van der Waals surface area (Å²) in [6.07, 6.45) is 3.36. The zero-order valence-corrected chi connectivity index (χ0v) is 14.6. The predicted octanol–water partition coefficient (Wildman–Crippen LogP) is 4.19. The standard InChI is InChI=1S/C21H23NO2/c1-13-9-10-21(3,4)18-11-14(2)19(12-17(13)18)22-16-7-5-15(6-8-16)20(23)24/h5-9,11-12,22H,10H2,1-4H3,(H,23,24)/p-1. The number of benzene rings is 2. The Kier molecular flexibility index (Phi) is 3.96. The third-order valence-corrected chi connectivity index (χ3v) is 4.84. The molecule has 0 fully saturated rings. The monoisotopic (exact) mass is 320 g/mol. The first-order valence-corrected chi connectivity index (χ1v) is 8.18. The Morgan fingerprint density at radius 3 is 2.42 bits per heavy atom. The Hall–Kier alpha value is -2.55. The number of anilines is 2. The summed E-state index contributed by atoms with van der Waals surface area (Å²) in [7, 11) is 0. The molecule has 0 aliphatic heterocycles. The number of rotatable bonds is 3. The molecule has 0 aromatic heterocycles. The second-order valence-electron chi connectivity index (χ2n) is 7.18. The van der Waals surface area contributed by atoms with Crippen molar-refractivity contribution in [3.8, 4) is 0 Å². The van der Waals surface area contributed by atoms with Crippen LogP contribution in [-0.4, -0.2) is 5.97 Å². The van der Waals surface area contributed by atoms with E-state index in [1.807, 2.05) is 0 Å². The first-order valence-electron chi connectivity index (χ1n) is 8.18. The number of carboxylic acid groups (broad SMARTS) is 1. The maximum absolute atomic E-state index is 10.8. The molecule has 1 aliphatic carbocycles. The number of fused-ring (bicyclic) bond motifs is 1. The number of carboxylic acids is 1. The summed E-state index contributed by atoms with van der Waals surface area (Å²) in [6, 6.07) is 11.1. The smallest absolute Gasteiger partial charge is 0.0715 e. The molecule has 1 aliphatic rings. The number of hydrogen-bond acceptors (Lipinski definition) is 3. The minimum absolute atomic E-state index is 0.147. The van der Waals surface area contributed by atoms with Crippen LogP contribution in [0.15, 0.2) is 42.5 Å². The Morgan fingerprint density at radius 2 is 1.79 bits per heavy atom. The van der Waals surface area contributed by atoms with E-state index in [1.54, 1.807) is 24.3 Å². The molecule has 0 spiro atoms. The lowest BCUT2D eigenvalue weighted by molar-refractivity contribution is -0.255. The van der Waals surface area contributed by atoms with Crippen LogP contribution in [0.25, 0.3) is 5.57 Å². The van der Waals surface area contributed by atoms with Crippen molar-refractivity contribution in [3.05, 3.63) is 64.7 Å². The second-order valence-corrected chi connectivity index (χ2v) is 7.18. The van der Waals surface area contributed by atoms with Gasteiger partial charge in [0.05, 0.1) is 5.97 Å². The van der Waals surface area contributed by atoms with Gasteiger partial charge in [0.15, 0.2) is 0 Å². The summed E-state index contributed by atoms with van der Waals surface area (Å²) in [5.74, 6) is -1.16. The normalized spacial score (nSPS) is 15.4. The Balaban J connectivity index is 1.97. The molecule has 3 heteroatoms. The molecule has 3 nitrogen and oxygen atoms in total. The summed E-state index contributed by atoms with van der Waals surface area (Å²) < 4.78 is 0. The van der Waals surface area contributed by atoms with Crippen molar-refractivity contribution in [2.75, 3.05) is 5.32 Å². The van der Waals surface area contributed by atoms with Gasteiger partial charge >= 0.3 is 0 Å². The van der Waals surface area contributed by atoms with E-state index < -0.39 is 5.97 Å². The molecule has 0 unspecified atom stereocenters. The Bertz CT molecular complexity index is 830. The predicted molar refractivity (Wildman–Crippen MR) is 96.5 cm³/mol. The highest BCUT2D eigenvalue weighted by Gasteiger charge is 2.27. The van der Waals surface area contributed by atoms with Crippen molar-refractivity contribution in [3.63, 3.8) is 0 Å². The van der Waals surface area contributed by atoms with Gasteiger partial charge in [0.1, 0.15) is 0 Å². The topological polar surface area (TPSA) is 52.2 Å². The van der Waals surface area contributed by atoms with Crippen molar-refractivity contribution >= 4 is 22.9 Å². The second kappa shape index (κ2) is 5.82. The molecule has 2 aromatic carbocycles. The molecule has 2 aromatic rings. The summed E-state index contributed by atoms with van der Waals surface area (Å²) in [6.45, 7) is 8.81. The maximum Gasteiger partial charge on any atom is 0.0715 e. The fourth-order valence-electron chi connectivity index (χ4n) is 3.20. The molecule has 24 heavy (non-hydrogen) atoms. The van der Waals surface area contributed by atoms with Gasteiger partial charge in [-0.1, -0.05) is 38.1 Å². The quantitative estimate of drug-likeness (QED) is 0.922. The van der Waals surface area contributed by atoms with E-state index >= 15 is 0 Å². The first kappa shape index (κ1) is 16.3. The fraction of sp³-hybridized carbons (Fsp3) is 0.286. The van der Waals surface area contributed by atoms with Gasteiger partial charge in [0.25, 0.3) is 0 Å². The third-order valence-electron chi connectivity index (χ3n) is 4.84. The number of nitrogens with one attached hydrogen (secondary N) is 1. The van der Waals surface area contributed by atoms with E-state index in [2.05, 4.69) is 51.2 Å². The first-order chi connectivity index (χ1) is 11.3. The molecular formula is C21H22NO2-. The van der Waals surface area contributed by atoms with Crippen LogP contribution in [0.1, 0.15) is 54.2 Å². The van der Waals surface area contributed by atoms with Crippen LogP contribution >= 0.6 is 0 Å². The zero-order chi connectivity index (χ0) is 17.5. The van der Waals surface area contributed by atoms with Crippen molar-refractivity contribution in [2.45, 2.75) is 39.5 Å². The van der Waals surface area contributed by atoms with Gasteiger partial charge in [0, 0.05) is 11.4 Å². The molecule has 0 heterocycles. The van der Waals surface area contributed by atoms with E-state index in [0.29, 0.717) is 0 Å². The van der Waals surface area contributed by atoms with Crippen LogP contribution in [0.3, 0.4) is 0 Å². The molecular weight excluding hydrogens is 298 g/mol. The van der Waals surface area contributed by atoms with Crippen molar-refractivity contribution in [1.82, 2.24) is 0 Å². The molecule has 1 N–H and O–H groups in total. The van der Waals surface area contributed by atoms with Crippen molar-refractivity contribution in [2.24, 2.45) is 0 Å². The van der Waals surface area contributed by atoms with Crippen LogP contribution in [0.5, 0.6) is 0 Å². The van der Waals surface area contributed by atoms with Crippen LogP contribution < -0.4 is 10.4 Å². The molecule has 0 saturated heterocycles. The third kappa shape index (κ3) is 2.94. The Morgan fingerprint density at radius 1 is 1.12 bits per heavy atom. The van der Waals surface area contributed by atoms with Crippen LogP contribution in [0.4, 0.5) is 11.4 Å². The largest absolute Gasteiger partial charge is 0.545 e. The highest BCUT2D eigenvalue weighted by Crippen LogP contribution is 2.41. The highest BCUT2D eigenvalue weighted by molar-refractivity contribution is 5.86. The Labute approximate surface area is 143 Å². The summed E-state index contributed by atoms with van der Waals surface area (Å²) in [4.78, 5) is 10.8. The van der Waals surface area contributed by atoms with E-state index in [0.717, 1.165) is 17.8 Å². The van der Waals surface area contributed by atoms with Gasteiger partial charge in [0.2, 0.25) is 0 Å². The molecule has 3 rings (SSSR count). The zero-order valence-electron chi connectivity index (χ0n) is 14.6. The lowest BCUT2D eigenvalue weighted by Gasteiger charge is -2.32. The van der Waals surface area contributed by atoms with E-state index in [4.69, 9.17) is 0 Å². The fourth-order valence-corrected chi connectivity index (χ4v) is 3.20. The summed E-state index contributed by atoms with van der Waals surface area (Å²) in [5, 5.41) is 14.2. The lowest BCUT2D eigenvalue weighted by atomic mass is 9.73. The highest BCUT2D eigenvalue weighted by atomic mass is 16.4. The molecule has 0 atom stereocenters. The number of allylic oxidation sites excluding steroid dienone is 2. The van der Waals surface area contributed by atoms with Gasteiger partial charge in [-0.25, -0.2) is 0 Å². The number of aromatic carboxylic acids is 1. The van der Waals surface area contributed by atoms with Gasteiger partial charge in [-0.05, 0) is 71.7 Å². The van der Waals surface area contributed by atoms with E-state index in [-0.39, 0.29) is 11.0 Å².